The van der Waals surface area contributed by atoms with Crippen molar-refractivity contribution in [2.75, 3.05) is 20.2 Å². The number of nitrogens with one attached hydrogen (secondary N) is 1. The molecule has 5 heteroatoms. The Balaban J connectivity index is 1.31. The fourth-order valence-corrected chi connectivity index (χ4v) is 4.35. The van der Waals surface area contributed by atoms with E-state index in [1.54, 1.807) is 18.4 Å². The van der Waals surface area contributed by atoms with Gasteiger partial charge < -0.3 is 10.1 Å². The number of amides is 1. The highest BCUT2D eigenvalue weighted by Crippen LogP contribution is 2.25. The summed E-state index contributed by atoms with van der Waals surface area (Å²) in [6.45, 7) is 2.73. The van der Waals surface area contributed by atoms with E-state index in [-0.39, 0.29) is 11.9 Å². The van der Waals surface area contributed by atoms with E-state index in [2.05, 4.69) is 33.8 Å². The lowest BCUT2D eigenvalue weighted by molar-refractivity contribution is 0.0937. The molecule has 2 aromatic carbocycles. The predicted octanol–water partition coefficient (Wildman–Crippen LogP) is 4.43. The van der Waals surface area contributed by atoms with Crippen LogP contribution >= 0.6 is 11.3 Å². The van der Waals surface area contributed by atoms with Crippen molar-refractivity contribution in [1.82, 2.24) is 10.2 Å². The summed E-state index contributed by atoms with van der Waals surface area (Å²) in [5.41, 5.74) is 3.10. The summed E-state index contributed by atoms with van der Waals surface area (Å²) in [4.78, 5) is 16.2. The van der Waals surface area contributed by atoms with Crippen molar-refractivity contribution in [3.05, 3.63) is 77.2 Å². The number of rotatable bonds is 6. The Morgan fingerprint density at radius 2 is 2.04 bits per heavy atom. The van der Waals surface area contributed by atoms with Crippen LogP contribution in [0.3, 0.4) is 0 Å². The fourth-order valence-electron chi connectivity index (χ4n) is 3.62. The van der Waals surface area contributed by atoms with E-state index in [0.717, 1.165) is 37.4 Å². The lowest BCUT2D eigenvalue weighted by Crippen LogP contribution is -2.36. The summed E-state index contributed by atoms with van der Waals surface area (Å²) in [5, 5.41) is 5.25. The lowest BCUT2D eigenvalue weighted by Gasteiger charge is -2.17. The molecule has 3 aromatic rings. The highest BCUT2D eigenvalue weighted by atomic mass is 32.1. The molecule has 0 spiro atoms. The van der Waals surface area contributed by atoms with Crippen LogP contribution in [-0.2, 0) is 6.54 Å². The lowest BCUT2D eigenvalue weighted by atomic mass is 10.1. The molecule has 1 fully saturated rings. The smallest absolute Gasteiger partial charge is 0.251 e. The zero-order valence-electron chi connectivity index (χ0n) is 15.9. The van der Waals surface area contributed by atoms with Crippen molar-refractivity contribution in [3.8, 4) is 16.2 Å². The Bertz CT molecular complexity index is 922. The van der Waals surface area contributed by atoms with Gasteiger partial charge in [0.05, 0.1) is 7.11 Å². The first-order chi connectivity index (χ1) is 13.7. The molecule has 1 aliphatic heterocycles. The topological polar surface area (TPSA) is 41.6 Å². The van der Waals surface area contributed by atoms with Gasteiger partial charge in [0, 0.05) is 36.1 Å². The van der Waals surface area contributed by atoms with Gasteiger partial charge in [-0.3, -0.25) is 9.69 Å². The van der Waals surface area contributed by atoms with Gasteiger partial charge in [-0.15, -0.1) is 11.3 Å². The first-order valence-electron chi connectivity index (χ1n) is 9.51. The molecule has 0 bridgehead atoms. The summed E-state index contributed by atoms with van der Waals surface area (Å²) in [6, 6.07) is 20.3. The minimum Gasteiger partial charge on any atom is -0.497 e. The summed E-state index contributed by atoms with van der Waals surface area (Å²) in [6.07, 6.45) is 0.975. The molecule has 28 heavy (non-hydrogen) atoms. The Kier molecular flexibility index (Phi) is 5.74. The van der Waals surface area contributed by atoms with Gasteiger partial charge in [-0.1, -0.05) is 30.3 Å². The van der Waals surface area contributed by atoms with E-state index >= 15 is 0 Å². The Hall–Kier alpha value is -2.63. The molecule has 1 aromatic heterocycles. The molecule has 1 aliphatic rings. The standard InChI is InChI=1S/C23H24N2O2S/c1-27-21-5-2-4-17(14-21)15-25-12-11-20(16-25)24-23(26)19-9-7-18(8-10-19)22-6-3-13-28-22/h2-10,13-14,20H,11-12,15-16H2,1H3,(H,24,26)/t20-/m0/s1. The van der Waals surface area contributed by atoms with E-state index in [4.69, 9.17) is 4.74 Å². The third-order valence-electron chi connectivity index (χ3n) is 5.10. The van der Waals surface area contributed by atoms with Gasteiger partial charge in [0.2, 0.25) is 0 Å². The largest absolute Gasteiger partial charge is 0.497 e. The SMILES string of the molecule is COc1cccc(CN2CC[C@H](NC(=O)c3ccc(-c4cccs4)cc3)C2)c1. The molecule has 4 nitrogen and oxygen atoms in total. The summed E-state index contributed by atoms with van der Waals surface area (Å²) in [5.74, 6) is 0.888. The number of ether oxygens (including phenoxy) is 1. The number of nitrogens with zero attached hydrogens (tertiary/aromatic N) is 1. The maximum absolute atomic E-state index is 12.6. The molecular formula is C23H24N2O2S. The van der Waals surface area contributed by atoms with Crippen molar-refractivity contribution in [2.45, 2.75) is 19.0 Å². The number of carbonyl (C=O) groups excluding carboxylic acids is 1. The van der Waals surface area contributed by atoms with Crippen LogP contribution in [0.5, 0.6) is 5.75 Å². The number of methoxy groups -OCH3 is 1. The molecule has 0 aliphatic carbocycles. The second-order valence-electron chi connectivity index (χ2n) is 7.10. The summed E-state index contributed by atoms with van der Waals surface area (Å²) < 4.78 is 5.30. The van der Waals surface area contributed by atoms with Crippen molar-refractivity contribution in [1.29, 1.82) is 0 Å². The molecule has 0 saturated carbocycles. The number of hydrogen-bond donors (Lipinski definition) is 1. The first kappa shape index (κ1) is 18.7. The third kappa shape index (κ3) is 4.43. The Morgan fingerprint density at radius 1 is 1.18 bits per heavy atom. The van der Waals surface area contributed by atoms with Gasteiger partial charge in [-0.2, -0.15) is 0 Å². The Labute approximate surface area is 169 Å². The van der Waals surface area contributed by atoms with E-state index in [1.807, 2.05) is 42.5 Å². The molecular weight excluding hydrogens is 368 g/mol. The summed E-state index contributed by atoms with van der Waals surface area (Å²) in [7, 11) is 1.69. The first-order valence-corrected chi connectivity index (χ1v) is 10.4. The van der Waals surface area contributed by atoms with Gasteiger partial charge >= 0.3 is 0 Å². The van der Waals surface area contributed by atoms with Gasteiger partial charge in [0.1, 0.15) is 5.75 Å². The highest BCUT2D eigenvalue weighted by molar-refractivity contribution is 7.13. The highest BCUT2D eigenvalue weighted by Gasteiger charge is 2.24. The van der Waals surface area contributed by atoms with Crippen LogP contribution < -0.4 is 10.1 Å². The number of likely N-dealkylation sites (tertiary alicyclic amines) is 1. The minimum atomic E-state index is 0.00552. The molecule has 144 valence electrons. The maximum Gasteiger partial charge on any atom is 0.251 e. The van der Waals surface area contributed by atoms with Crippen LogP contribution in [0.4, 0.5) is 0 Å². The van der Waals surface area contributed by atoms with E-state index in [0.29, 0.717) is 5.56 Å². The monoisotopic (exact) mass is 392 g/mol. The number of hydrogen-bond acceptors (Lipinski definition) is 4. The fraction of sp³-hybridized carbons (Fsp3) is 0.261. The molecule has 1 amide bonds. The Morgan fingerprint density at radius 3 is 2.79 bits per heavy atom. The number of thiophene rings is 1. The predicted molar refractivity (Wildman–Crippen MR) is 114 cm³/mol. The molecule has 1 saturated heterocycles. The zero-order valence-corrected chi connectivity index (χ0v) is 16.7. The van der Waals surface area contributed by atoms with Crippen LogP contribution in [-0.4, -0.2) is 37.0 Å². The van der Waals surface area contributed by atoms with Crippen molar-refractivity contribution in [3.63, 3.8) is 0 Å². The average molecular weight is 393 g/mol. The van der Waals surface area contributed by atoms with Gasteiger partial charge in [0.25, 0.3) is 5.91 Å². The van der Waals surface area contributed by atoms with Gasteiger partial charge in [-0.05, 0) is 53.3 Å². The maximum atomic E-state index is 12.6. The number of benzene rings is 2. The van der Waals surface area contributed by atoms with E-state index < -0.39 is 0 Å². The van der Waals surface area contributed by atoms with E-state index in [1.165, 1.54) is 10.4 Å². The van der Waals surface area contributed by atoms with Gasteiger partial charge in [0.15, 0.2) is 0 Å². The number of carbonyl (C=O) groups is 1. The van der Waals surface area contributed by atoms with Crippen LogP contribution in [0.15, 0.2) is 66.0 Å². The second kappa shape index (κ2) is 8.59. The zero-order chi connectivity index (χ0) is 19.3. The van der Waals surface area contributed by atoms with Crippen molar-refractivity contribution >= 4 is 17.2 Å². The normalized spacial score (nSPS) is 16.8. The van der Waals surface area contributed by atoms with Crippen molar-refractivity contribution in [2.24, 2.45) is 0 Å². The molecule has 2 heterocycles. The molecule has 0 radical (unpaired) electrons. The molecule has 1 N–H and O–H groups in total. The third-order valence-corrected chi connectivity index (χ3v) is 6.02. The second-order valence-corrected chi connectivity index (χ2v) is 8.05. The van der Waals surface area contributed by atoms with Crippen LogP contribution in [0.2, 0.25) is 0 Å². The van der Waals surface area contributed by atoms with Crippen LogP contribution in [0, 0.1) is 0 Å². The minimum absolute atomic E-state index is 0.00552. The summed E-state index contributed by atoms with van der Waals surface area (Å²) >= 11 is 1.71. The van der Waals surface area contributed by atoms with Crippen molar-refractivity contribution < 1.29 is 9.53 Å². The molecule has 0 unspecified atom stereocenters. The van der Waals surface area contributed by atoms with Crippen LogP contribution in [0.25, 0.3) is 10.4 Å². The molecule has 1 atom stereocenters. The van der Waals surface area contributed by atoms with E-state index in [9.17, 15) is 4.79 Å². The average Bonchev–Trinajstić information content (AvgIpc) is 3.41. The van der Waals surface area contributed by atoms with Crippen LogP contribution in [0.1, 0.15) is 22.3 Å². The quantitative estimate of drug-likeness (QED) is 0.675. The van der Waals surface area contributed by atoms with Gasteiger partial charge in [-0.25, -0.2) is 0 Å². The molecule has 4 rings (SSSR count).